The fourth-order valence-corrected chi connectivity index (χ4v) is 2.11. The van der Waals surface area contributed by atoms with Crippen molar-refractivity contribution in [2.45, 2.75) is 32.6 Å². The number of methoxy groups -OCH3 is 2. The lowest BCUT2D eigenvalue weighted by atomic mass is 9.97. The fraction of sp³-hybridized carbons (Fsp3) is 0.471. The summed E-state index contributed by atoms with van der Waals surface area (Å²) in [5, 5.41) is 6.76. The quantitative estimate of drug-likeness (QED) is 0.873. The van der Waals surface area contributed by atoms with Crippen molar-refractivity contribution in [2.75, 3.05) is 20.8 Å². The van der Waals surface area contributed by atoms with Gasteiger partial charge in [-0.2, -0.15) is 4.98 Å². The van der Waals surface area contributed by atoms with Gasteiger partial charge in [-0.25, -0.2) is 0 Å². The van der Waals surface area contributed by atoms with Crippen molar-refractivity contribution < 1.29 is 18.8 Å². The highest BCUT2D eigenvalue weighted by atomic mass is 16.5. The lowest BCUT2D eigenvalue weighted by Gasteiger charge is -2.12. The van der Waals surface area contributed by atoms with Crippen LogP contribution in [0.4, 0.5) is 0 Å². The molecule has 2 aromatic rings. The van der Waals surface area contributed by atoms with Crippen LogP contribution in [-0.2, 0) is 11.8 Å². The number of carbonyl (C=O) groups is 1. The molecule has 0 fully saturated rings. The number of benzene rings is 1. The Kier molecular flexibility index (Phi) is 5.43. The molecule has 0 radical (unpaired) electrons. The molecule has 0 unspecified atom stereocenters. The zero-order valence-corrected chi connectivity index (χ0v) is 14.7. The number of rotatable bonds is 6. The topological polar surface area (TPSA) is 86.5 Å². The van der Waals surface area contributed by atoms with Crippen LogP contribution < -0.4 is 14.8 Å². The lowest BCUT2D eigenvalue weighted by Crippen LogP contribution is -2.27. The van der Waals surface area contributed by atoms with Crippen LogP contribution in [-0.4, -0.2) is 36.8 Å². The van der Waals surface area contributed by atoms with E-state index in [0.29, 0.717) is 41.7 Å². The zero-order chi connectivity index (χ0) is 17.7. The Hall–Kier alpha value is -2.57. The van der Waals surface area contributed by atoms with Gasteiger partial charge in [0.1, 0.15) is 17.1 Å². The molecule has 0 spiro atoms. The standard InChI is InChI=1S/C17H23N3O4/c1-17(2,3)16-19-13(20-24-16)9-10-18-15(21)14-11(22-4)7-6-8-12(14)23-5/h6-8H,9-10H2,1-5H3,(H,18,21). The largest absolute Gasteiger partial charge is 0.496 e. The molecular formula is C17H23N3O4. The molecule has 0 bridgehead atoms. The maximum Gasteiger partial charge on any atom is 0.258 e. The number of aromatic nitrogens is 2. The molecule has 7 nitrogen and oxygen atoms in total. The van der Waals surface area contributed by atoms with Crippen LogP contribution in [0.3, 0.4) is 0 Å². The lowest BCUT2D eigenvalue weighted by molar-refractivity contribution is 0.0947. The predicted molar refractivity (Wildman–Crippen MR) is 88.6 cm³/mol. The average Bonchev–Trinajstić information content (AvgIpc) is 3.03. The van der Waals surface area contributed by atoms with Crippen LogP contribution in [0.25, 0.3) is 0 Å². The van der Waals surface area contributed by atoms with E-state index in [9.17, 15) is 4.79 Å². The minimum atomic E-state index is -0.274. The van der Waals surface area contributed by atoms with Gasteiger partial charge in [-0.15, -0.1) is 0 Å². The van der Waals surface area contributed by atoms with Gasteiger partial charge in [-0.1, -0.05) is 32.0 Å². The van der Waals surface area contributed by atoms with E-state index in [2.05, 4.69) is 15.5 Å². The molecular weight excluding hydrogens is 310 g/mol. The van der Waals surface area contributed by atoms with Crippen LogP contribution in [0.5, 0.6) is 11.5 Å². The second kappa shape index (κ2) is 7.33. The highest BCUT2D eigenvalue weighted by molar-refractivity contribution is 5.99. The molecule has 1 amide bonds. The summed E-state index contributed by atoms with van der Waals surface area (Å²) in [4.78, 5) is 16.8. The molecule has 1 aromatic heterocycles. The molecule has 7 heteroatoms. The first kappa shape index (κ1) is 17.8. The van der Waals surface area contributed by atoms with Crippen LogP contribution in [0.2, 0.25) is 0 Å². The number of amides is 1. The molecule has 0 aliphatic carbocycles. The second-order valence-electron chi connectivity index (χ2n) is 6.31. The van der Waals surface area contributed by atoms with Crippen molar-refractivity contribution in [1.29, 1.82) is 0 Å². The number of hydrogen-bond donors (Lipinski definition) is 1. The van der Waals surface area contributed by atoms with Crippen LogP contribution in [0, 0.1) is 0 Å². The summed E-state index contributed by atoms with van der Waals surface area (Å²) in [7, 11) is 3.03. The monoisotopic (exact) mass is 333 g/mol. The van der Waals surface area contributed by atoms with Gasteiger partial charge in [-0.3, -0.25) is 4.79 Å². The summed E-state index contributed by atoms with van der Waals surface area (Å²) in [5.74, 6) is 1.79. The fourth-order valence-electron chi connectivity index (χ4n) is 2.11. The molecule has 0 atom stereocenters. The molecule has 0 saturated carbocycles. The summed E-state index contributed by atoms with van der Waals surface area (Å²) in [6.45, 7) is 6.38. The summed E-state index contributed by atoms with van der Waals surface area (Å²) >= 11 is 0. The third-order valence-corrected chi connectivity index (χ3v) is 3.40. The molecule has 1 heterocycles. The van der Waals surface area contributed by atoms with E-state index in [-0.39, 0.29) is 11.3 Å². The van der Waals surface area contributed by atoms with Crippen molar-refractivity contribution in [3.8, 4) is 11.5 Å². The Morgan fingerprint density at radius 1 is 1.21 bits per heavy atom. The average molecular weight is 333 g/mol. The Bertz CT molecular complexity index is 682. The van der Waals surface area contributed by atoms with Gasteiger partial charge in [0.25, 0.3) is 5.91 Å². The maximum atomic E-state index is 12.4. The van der Waals surface area contributed by atoms with E-state index < -0.39 is 0 Å². The Balaban J connectivity index is 2.00. The van der Waals surface area contributed by atoms with Crippen LogP contribution >= 0.6 is 0 Å². The summed E-state index contributed by atoms with van der Waals surface area (Å²) in [6, 6.07) is 5.19. The van der Waals surface area contributed by atoms with Crippen molar-refractivity contribution in [3.05, 3.63) is 35.5 Å². The van der Waals surface area contributed by atoms with Gasteiger partial charge in [0.15, 0.2) is 5.82 Å². The number of hydrogen-bond acceptors (Lipinski definition) is 6. The van der Waals surface area contributed by atoms with E-state index in [1.807, 2.05) is 20.8 Å². The maximum absolute atomic E-state index is 12.4. The van der Waals surface area contributed by atoms with Crippen molar-refractivity contribution in [2.24, 2.45) is 0 Å². The van der Waals surface area contributed by atoms with Gasteiger partial charge in [0.05, 0.1) is 14.2 Å². The van der Waals surface area contributed by atoms with Crippen molar-refractivity contribution in [3.63, 3.8) is 0 Å². The highest BCUT2D eigenvalue weighted by Crippen LogP contribution is 2.27. The molecule has 0 aliphatic rings. The number of ether oxygens (including phenoxy) is 2. The molecule has 2 rings (SSSR count). The molecule has 0 aliphatic heterocycles. The van der Waals surface area contributed by atoms with E-state index in [1.165, 1.54) is 14.2 Å². The third-order valence-electron chi connectivity index (χ3n) is 3.40. The first-order valence-corrected chi connectivity index (χ1v) is 7.69. The minimum absolute atomic E-state index is 0.195. The Morgan fingerprint density at radius 2 is 1.83 bits per heavy atom. The second-order valence-corrected chi connectivity index (χ2v) is 6.31. The molecule has 24 heavy (non-hydrogen) atoms. The summed E-state index contributed by atoms with van der Waals surface area (Å²) in [5.41, 5.74) is 0.171. The number of carbonyl (C=O) groups excluding carboxylic acids is 1. The van der Waals surface area contributed by atoms with Crippen molar-refractivity contribution >= 4 is 5.91 Å². The first-order valence-electron chi connectivity index (χ1n) is 7.69. The van der Waals surface area contributed by atoms with E-state index in [4.69, 9.17) is 14.0 Å². The molecule has 1 N–H and O–H groups in total. The molecule has 0 saturated heterocycles. The highest BCUT2D eigenvalue weighted by Gasteiger charge is 2.22. The van der Waals surface area contributed by atoms with Crippen LogP contribution in [0.15, 0.2) is 22.7 Å². The first-order chi connectivity index (χ1) is 11.4. The smallest absolute Gasteiger partial charge is 0.258 e. The number of nitrogens with one attached hydrogen (secondary N) is 1. The minimum Gasteiger partial charge on any atom is -0.496 e. The van der Waals surface area contributed by atoms with Crippen molar-refractivity contribution in [1.82, 2.24) is 15.5 Å². The van der Waals surface area contributed by atoms with Crippen LogP contribution in [0.1, 0.15) is 42.8 Å². The zero-order valence-electron chi connectivity index (χ0n) is 14.7. The normalized spacial score (nSPS) is 11.2. The number of nitrogens with zero attached hydrogens (tertiary/aromatic N) is 2. The van der Waals surface area contributed by atoms with E-state index in [0.717, 1.165) is 0 Å². The molecule has 1 aromatic carbocycles. The summed E-state index contributed by atoms with van der Waals surface area (Å²) < 4.78 is 15.7. The van der Waals surface area contributed by atoms with Gasteiger partial charge in [0, 0.05) is 18.4 Å². The van der Waals surface area contributed by atoms with Gasteiger partial charge < -0.3 is 19.3 Å². The van der Waals surface area contributed by atoms with E-state index >= 15 is 0 Å². The van der Waals surface area contributed by atoms with E-state index in [1.54, 1.807) is 18.2 Å². The SMILES string of the molecule is COc1cccc(OC)c1C(=O)NCCc1noc(C(C)(C)C)n1. The summed E-state index contributed by atoms with van der Waals surface area (Å²) in [6.07, 6.45) is 0.475. The Morgan fingerprint density at radius 3 is 2.33 bits per heavy atom. The molecule has 130 valence electrons. The van der Waals surface area contributed by atoms with Gasteiger partial charge in [-0.05, 0) is 12.1 Å². The predicted octanol–water partition coefficient (Wildman–Crippen LogP) is 2.36. The Labute approximate surface area is 141 Å². The van der Waals surface area contributed by atoms with Gasteiger partial charge in [0.2, 0.25) is 5.89 Å². The van der Waals surface area contributed by atoms with Gasteiger partial charge >= 0.3 is 0 Å². The third kappa shape index (κ3) is 4.04.